The van der Waals surface area contributed by atoms with Crippen LogP contribution in [0.3, 0.4) is 0 Å². The van der Waals surface area contributed by atoms with Crippen LogP contribution in [0.15, 0.2) is 18.2 Å². The van der Waals surface area contributed by atoms with Crippen molar-refractivity contribution in [1.82, 2.24) is 0 Å². The van der Waals surface area contributed by atoms with Crippen molar-refractivity contribution in [2.75, 3.05) is 6.61 Å². The minimum atomic E-state index is 0.162. The highest BCUT2D eigenvalue weighted by Gasteiger charge is 1.99. The van der Waals surface area contributed by atoms with Gasteiger partial charge in [0.05, 0.1) is 12.4 Å². The molecule has 0 spiro atoms. The Balaban J connectivity index is 2.55. The third-order valence-electron chi connectivity index (χ3n) is 1.96. The van der Waals surface area contributed by atoms with Crippen molar-refractivity contribution < 1.29 is 4.74 Å². The van der Waals surface area contributed by atoms with Crippen LogP contribution in [0.25, 0.3) is 0 Å². The molecule has 0 aliphatic rings. The van der Waals surface area contributed by atoms with Gasteiger partial charge in [-0.15, -0.1) is 0 Å². The molecule has 0 aromatic heterocycles. The molecule has 0 atom stereocenters. The summed E-state index contributed by atoms with van der Waals surface area (Å²) in [7, 11) is 0. The highest BCUT2D eigenvalue weighted by atomic mass is 16.5. The maximum atomic E-state index is 7.05. The number of aryl methyl sites for hydroxylation is 2. The van der Waals surface area contributed by atoms with Crippen LogP contribution in [0.5, 0.6) is 5.75 Å². The number of hydrogen-bond acceptors (Lipinski definition) is 2. The van der Waals surface area contributed by atoms with Crippen molar-refractivity contribution in [3.05, 3.63) is 29.3 Å². The van der Waals surface area contributed by atoms with Crippen molar-refractivity contribution in [3.8, 4) is 5.75 Å². The number of benzene rings is 1. The lowest BCUT2D eigenvalue weighted by Crippen LogP contribution is -2.14. The molecule has 0 saturated carbocycles. The van der Waals surface area contributed by atoms with Gasteiger partial charge < -0.3 is 10.5 Å². The van der Waals surface area contributed by atoms with E-state index in [2.05, 4.69) is 6.07 Å². The summed E-state index contributed by atoms with van der Waals surface area (Å²) in [5.41, 5.74) is 7.56. The summed E-state index contributed by atoms with van der Waals surface area (Å²) < 4.78 is 5.48. The van der Waals surface area contributed by atoms with Crippen molar-refractivity contribution >= 4 is 5.84 Å². The normalized spacial score (nSPS) is 9.86. The minimum Gasteiger partial charge on any atom is -0.493 e. The highest BCUT2D eigenvalue weighted by molar-refractivity contribution is 5.76. The molecule has 0 bridgehead atoms. The van der Waals surface area contributed by atoms with Gasteiger partial charge in [0, 0.05) is 6.42 Å². The maximum Gasteiger partial charge on any atom is 0.122 e. The van der Waals surface area contributed by atoms with E-state index < -0.39 is 0 Å². The number of hydrogen-bond donors (Lipinski definition) is 2. The molecule has 1 aromatic carbocycles. The fourth-order valence-electron chi connectivity index (χ4n) is 1.23. The molecule has 0 aliphatic carbocycles. The van der Waals surface area contributed by atoms with Crippen molar-refractivity contribution in [3.63, 3.8) is 0 Å². The van der Waals surface area contributed by atoms with Crippen LogP contribution < -0.4 is 10.5 Å². The molecule has 3 N–H and O–H groups in total. The van der Waals surface area contributed by atoms with Crippen LogP contribution in [-0.4, -0.2) is 12.4 Å². The van der Waals surface area contributed by atoms with Crippen molar-refractivity contribution in [2.24, 2.45) is 5.73 Å². The van der Waals surface area contributed by atoms with E-state index in [1.54, 1.807) is 0 Å². The first-order valence-corrected chi connectivity index (χ1v) is 4.62. The van der Waals surface area contributed by atoms with E-state index >= 15 is 0 Å². The van der Waals surface area contributed by atoms with Gasteiger partial charge in [-0.1, -0.05) is 17.7 Å². The molecule has 1 rings (SSSR count). The van der Waals surface area contributed by atoms with Gasteiger partial charge in [-0.05, 0) is 25.5 Å². The Labute approximate surface area is 84.4 Å². The molecular formula is C11H16N2O. The Morgan fingerprint density at radius 1 is 1.43 bits per heavy atom. The van der Waals surface area contributed by atoms with E-state index in [9.17, 15) is 0 Å². The molecule has 0 heterocycles. The monoisotopic (exact) mass is 192 g/mol. The molecule has 0 unspecified atom stereocenters. The van der Waals surface area contributed by atoms with E-state index in [1.807, 2.05) is 26.0 Å². The lowest BCUT2D eigenvalue weighted by Gasteiger charge is -2.08. The van der Waals surface area contributed by atoms with Crippen LogP contribution in [-0.2, 0) is 0 Å². The smallest absolute Gasteiger partial charge is 0.122 e. The molecule has 0 amide bonds. The van der Waals surface area contributed by atoms with Gasteiger partial charge in [0.1, 0.15) is 5.75 Å². The standard InChI is InChI=1S/C11H16N2O/c1-8-3-4-10(9(2)7-8)14-6-5-11(12)13/h3-4,7H,5-6H2,1-2H3,(H3,12,13). The van der Waals surface area contributed by atoms with Crippen molar-refractivity contribution in [2.45, 2.75) is 20.3 Å². The molecule has 0 saturated heterocycles. The SMILES string of the molecule is Cc1ccc(OCCC(=N)N)c(C)c1. The van der Waals surface area contributed by atoms with Crippen molar-refractivity contribution in [1.29, 1.82) is 5.41 Å². The van der Waals surface area contributed by atoms with Gasteiger partial charge in [0.25, 0.3) is 0 Å². The third kappa shape index (κ3) is 3.09. The quantitative estimate of drug-likeness (QED) is 0.566. The van der Waals surface area contributed by atoms with Gasteiger partial charge in [-0.25, -0.2) is 0 Å². The largest absolute Gasteiger partial charge is 0.493 e. The van der Waals surface area contributed by atoms with Crippen LogP contribution in [0.2, 0.25) is 0 Å². The molecule has 3 nitrogen and oxygen atoms in total. The molecule has 76 valence electrons. The Kier molecular flexibility index (Phi) is 3.51. The first kappa shape index (κ1) is 10.6. The summed E-state index contributed by atoms with van der Waals surface area (Å²) in [5, 5.41) is 7.05. The van der Waals surface area contributed by atoms with E-state index in [0.29, 0.717) is 13.0 Å². The predicted molar refractivity (Wildman–Crippen MR) is 57.9 cm³/mol. The number of nitrogens with one attached hydrogen (secondary N) is 1. The molecular weight excluding hydrogens is 176 g/mol. The molecule has 0 radical (unpaired) electrons. The average Bonchev–Trinajstić information content (AvgIpc) is 2.08. The first-order chi connectivity index (χ1) is 6.59. The molecule has 3 heteroatoms. The molecule has 14 heavy (non-hydrogen) atoms. The number of amidine groups is 1. The summed E-state index contributed by atoms with van der Waals surface area (Å²) in [5.74, 6) is 1.03. The number of nitrogens with two attached hydrogens (primary N) is 1. The summed E-state index contributed by atoms with van der Waals surface area (Å²) in [6.45, 7) is 4.53. The Morgan fingerprint density at radius 3 is 2.71 bits per heavy atom. The highest BCUT2D eigenvalue weighted by Crippen LogP contribution is 2.18. The van der Waals surface area contributed by atoms with Gasteiger partial charge in [0.2, 0.25) is 0 Å². The fraction of sp³-hybridized carbons (Fsp3) is 0.364. The van der Waals surface area contributed by atoms with Crippen LogP contribution in [0, 0.1) is 19.3 Å². The maximum absolute atomic E-state index is 7.05. The molecule has 0 aliphatic heterocycles. The summed E-state index contributed by atoms with van der Waals surface area (Å²) in [6, 6.07) is 6.03. The van der Waals surface area contributed by atoms with E-state index in [1.165, 1.54) is 5.56 Å². The second-order valence-corrected chi connectivity index (χ2v) is 3.39. The second-order valence-electron chi connectivity index (χ2n) is 3.39. The van der Waals surface area contributed by atoms with Crippen LogP contribution >= 0.6 is 0 Å². The lowest BCUT2D eigenvalue weighted by atomic mass is 10.1. The first-order valence-electron chi connectivity index (χ1n) is 4.62. The van der Waals surface area contributed by atoms with Crippen LogP contribution in [0.1, 0.15) is 17.5 Å². The lowest BCUT2D eigenvalue weighted by molar-refractivity contribution is 0.326. The minimum absolute atomic E-state index is 0.162. The number of ether oxygens (including phenoxy) is 1. The van der Waals surface area contributed by atoms with E-state index in [4.69, 9.17) is 15.9 Å². The summed E-state index contributed by atoms with van der Waals surface area (Å²) in [6.07, 6.45) is 0.479. The van der Waals surface area contributed by atoms with Gasteiger partial charge in [0.15, 0.2) is 0 Å². The predicted octanol–water partition coefficient (Wildman–Crippen LogP) is 2.01. The van der Waals surface area contributed by atoms with E-state index in [0.717, 1.165) is 11.3 Å². The zero-order valence-electron chi connectivity index (χ0n) is 8.63. The second kappa shape index (κ2) is 4.65. The average molecular weight is 192 g/mol. The van der Waals surface area contributed by atoms with E-state index in [-0.39, 0.29) is 5.84 Å². The molecule has 0 fully saturated rings. The Hall–Kier alpha value is -1.51. The Bertz CT molecular complexity index is 334. The third-order valence-corrected chi connectivity index (χ3v) is 1.96. The van der Waals surface area contributed by atoms with Crippen LogP contribution in [0.4, 0.5) is 0 Å². The van der Waals surface area contributed by atoms with Gasteiger partial charge in [-0.2, -0.15) is 0 Å². The summed E-state index contributed by atoms with van der Waals surface area (Å²) >= 11 is 0. The summed E-state index contributed by atoms with van der Waals surface area (Å²) in [4.78, 5) is 0. The van der Waals surface area contributed by atoms with Gasteiger partial charge >= 0.3 is 0 Å². The zero-order chi connectivity index (χ0) is 10.6. The van der Waals surface area contributed by atoms with Gasteiger partial charge in [-0.3, -0.25) is 5.41 Å². The topological polar surface area (TPSA) is 59.1 Å². The number of rotatable bonds is 4. The Morgan fingerprint density at radius 2 is 2.14 bits per heavy atom. The zero-order valence-corrected chi connectivity index (χ0v) is 8.63. The molecule has 1 aromatic rings. The fourth-order valence-corrected chi connectivity index (χ4v) is 1.23.